The van der Waals surface area contributed by atoms with Gasteiger partial charge in [0.1, 0.15) is 5.69 Å². The molecule has 19 heavy (non-hydrogen) atoms. The van der Waals surface area contributed by atoms with Crippen LogP contribution in [0.25, 0.3) is 0 Å². The largest absolute Gasteiger partial charge is 0.394 e. The molecule has 7 nitrogen and oxygen atoms in total. The van der Waals surface area contributed by atoms with Crippen molar-refractivity contribution in [2.75, 3.05) is 11.9 Å². The van der Waals surface area contributed by atoms with Crippen LogP contribution >= 0.6 is 0 Å². The zero-order chi connectivity index (χ0) is 13.7. The highest BCUT2D eigenvalue weighted by atomic mass is 16.3. The summed E-state index contributed by atoms with van der Waals surface area (Å²) >= 11 is 0. The van der Waals surface area contributed by atoms with Crippen molar-refractivity contribution in [2.24, 2.45) is 5.73 Å². The lowest BCUT2D eigenvalue weighted by Gasteiger charge is -2.13. The van der Waals surface area contributed by atoms with Gasteiger partial charge in [-0.05, 0) is 12.1 Å². The number of carbonyl (C=O) groups is 1. The van der Waals surface area contributed by atoms with Gasteiger partial charge in [-0.25, -0.2) is 4.68 Å². The number of nitrogens with zero attached hydrogens (tertiary/aromatic N) is 3. The number of rotatable bonds is 6. The molecule has 1 aromatic heterocycles. The van der Waals surface area contributed by atoms with Crippen LogP contribution in [0.4, 0.5) is 5.69 Å². The Balaban J connectivity index is 2.17. The van der Waals surface area contributed by atoms with Gasteiger partial charge in [0, 0.05) is 5.69 Å². The molecule has 0 saturated carbocycles. The lowest BCUT2D eigenvalue weighted by Crippen LogP contribution is -2.28. The Hall–Kier alpha value is -2.41. The van der Waals surface area contributed by atoms with Crippen LogP contribution in [0.3, 0.4) is 0 Å². The summed E-state index contributed by atoms with van der Waals surface area (Å²) in [6.45, 7) is 0.278. The maximum atomic E-state index is 11.5. The average Bonchev–Trinajstić information content (AvgIpc) is 2.85. The number of primary amides is 1. The topological polar surface area (TPSA) is 106 Å². The number of para-hydroxylation sites is 1. The van der Waals surface area contributed by atoms with Gasteiger partial charge in [0.15, 0.2) is 6.04 Å². The summed E-state index contributed by atoms with van der Waals surface area (Å²) in [6.07, 6.45) is 1.58. The fourth-order valence-corrected chi connectivity index (χ4v) is 1.65. The van der Waals surface area contributed by atoms with E-state index in [-0.39, 0.29) is 6.61 Å². The van der Waals surface area contributed by atoms with Crippen molar-refractivity contribution < 1.29 is 9.90 Å². The van der Waals surface area contributed by atoms with E-state index in [9.17, 15) is 4.79 Å². The molecule has 4 N–H and O–H groups in total. The molecule has 2 rings (SSSR count). The number of hydrogen-bond acceptors (Lipinski definition) is 5. The molecule has 0 fully saturated rings. The highest BCUT2D eigenvalue weighted by molar-refractivity contribution is 5.83. The first-order chi connectivity index (χ1) is 9.20. The quantitative estimate of drug-likeness (QED) is 0.673. The number of amides is 1. The number of nitrogens with two attached hydrogens (primary N) is 1. The van der Waals surface area contributed by atoms with Gasteiger partial charge >= 0.3 is 0 Å². The molecule has 0 saturated heterocycles. The lowest BCUT2D eigenvalue weighted by atomic mass is 10.2. The van der Waals surface area contributed by atoms with E-state index in [2.05, 4.69) is 15.6 Å². The maximum absolute atomic E-state index is 11.5. The predicted octanol–water partition coefficient (Wildman–Crippen LogP) is -0.0911. The molecule has 0 radical (unpaired) electrons. The van der Waals surface area contributed by atoms with E-state index in [1.54, 1.807) is 6.20 Å². The summed E-state index contributed by atoms with van der Waals surface area (Å²) in [6, 6.07) is 8.48. The number of hydrogen-bond donors (Lipinski definition) is 3. The van der Waals surface area contributed by atoms with Crippen molar-refractivity contribution >= 4 is 11.6 Å². The van der Waals surface area contributed by atoms with E-state index >= 15 is 0 Å². The van der Waals surface area contributed by atoms with E-state index in [0.29, 0.717) is 12.2 Å². The minimum atomic E-state index is -0.755. The van der Waals surface area contributed by atoms with E-state index < -0.39 is 11.9 Å². The monoisotopic (exact) mass is 261 g/mol. The average molecular weight is 261 g/mol. The van der Waals surface area contributed by atoms with Crippen molar-refractivity contribution in [3.05, 3.63) is 42.2 Å². The zero-order valence-corrected chi connectivity index (χ0v) is 10.2. The van der Waals surface area contributed by atoms with Gasteiger partial charge in [-0.2, -0.15) is 0 Å². The van der Waals surface area contributed by atoms with Gasteiger partial charge in [-0.3, -0.25) is 4.79 Å². The molecule has 1 atom stereocenters. The van der Waals surface area contributed by atoms with Gasteiger partial charge in [0.2, 0.25) is 5.91 Å². The van der Waals surface area contributed by atoms with Gasteiger partial charge in [0.05, 0.1) is 19.3 Å². The number of aliphatic hydroxyl groups is 1. The first-order valence-corrected chi connectivity index (χ1v) is 5.82. The van der Waals surface area contributed by atoms with E-state index in [1.165, 1.54) is 4.68 Å². The third kappa shape index (κ3) is 3.29. The van der Waals surface area contributed by atoms with E-state index in [4.69, 9.17) is 10.8 Å². The Morgan fingerprint density at radius 1 is 1.42 bits per heavy atom. The van der Waals surface area contributed by atoms with E-state index in [1.807, 2.05) is 30.3 Å². The van der Waals surface area contributed by atoms with Gasteiger partial charge < -0.3 is 16.2 Å². The number of benzene rings is 1. The molecule has 7 heteroatoms. The van der Waals surface area contributed by atoms with Gasteiger partial charge in [0.25, 0.3) is 0 Å². The second-order valence-corrected chi connectivity index (χ2v) is 3.98. The van der Waals surface area contributed by atoms with Gasteiger partial charge in [-0.1, -0.05) is 23.4 Å². The summed E-state index contributed by atoms with van der Waals surface area (Å²) in [5, 5.41) is 19.5. The highest BCUT2D eigenvalue weighted by Crippen LogP contribution is 2.17. The standard InChI is InChI=1S/C12H15N5O2/c13-12(19)11(14-9-4-2-1-3-5-9)10-8-17(6-7-18)16-15-10/h1-5,8,11,14,18H,6-7H2,(H2,13,19). The fourth-order valence-electron chi connectivity index (χ4n) is 1.65. The van der Waals surface area contributed by atoms with Crippen LogP contribution in [0.15, 0.2) is 36.5 Å². The van der Waals surface area contributed by atoms with Crippen LogP contribution < -0.4 is 11.1 Å². The highest BCUT2D eigenvalue weighted by Gasteiger charge is 2.21. The molecule has 2 aromatic rings. The molecular weight excluding hydrogens is 246 g/mol. The molecule has 1 amide bonds. The van der Waals surface area contributed by atoms with Crippen molar-refractivity contribution in [3.8, 4) is 0 Å². The van der Waals surface area contributed by atoms with Crippen LogP contribution in [0.1, 0.15) is 11.7 Å². The molecule has 1 unspecified atom stereocenters. The Morgan fingerprint density at radius 2 is 2.16 bits per heavy atom. The summed E-state index contributed by atoms with van der Waals surface area (Å²) in [4.78, 5) is 11.5. The number of carbonyl (C=O) groups excluding carboxylic acids is 1. The third-order valence-corrected chi connectivity index (χ3v) is 2.55. The normalized spacial score (nSPS) is 12.1. The zero-order valence-electron chi connectivity index (χ0n) is 10.2. The van der Waals surface area contributed by atoms with Crippen molar-refractivity contribution in [1.82, 2.24) is 15.0 Å². The minimum Gasteiger partial charge on any atom is -0.394 e. The van der Waals surface area contributed by atoms with Crippen LogP contribution in [0.2, 0.25) is 0 Å². The SMILES string of the molecule is NC(=O)C(Nc1ccccc1)c1cn(CCO)nn1. The first kappa shape index (κ1) is 13.0. The molecule has 1 heterocycles. The van der Waals surface area contributed by atoms with Crippen molar-refractivity contribution in [3.63, 3.8) is 0 Å². The Bertz CT molecular complexity index is 540. The fraction of sp³-hybridized carbons (Fsp3) is 0.250. The second kappa shape index (κ2) is 5.96. The number of nitrogens with one attached hydrogen (secondary N) is 1. The van der Waals surface area contributed by atoms with E-state index in [0.717, 1.165) is 5.69 Å². The van der Waals surface area contributed by atoms with Crippen LogP contribution in [-0.4, -0.2) is 32.6 Å². The van der Waals surface area contributed by atoms with Crippen molar-refractivity contribution in [2.45, 2.75) is 12.6 Å². The lowest BCUT2D eigenvalue weighted by molar-refractivity contribution is -0.118. The molecular formula is C12H15N5O2. The number of aromatic nitrogens is 3. The van der Waals surface area contributed by atoms with Crippen molar-refractivity contribution in [1.29, 1.82) is 0 Å². The Morgan fingerprint density at radius 3 is 2.79 bits per heavy atom. The first-order valence-electron chi connectivity index (χ1n) is 5.82. The molecule has 0 spiro atoms. The smallest absolute Gasteiger partial charge is 0.246 e. The maximum Gasteiger partial charge on any atom is 0.246 e. The third-order valence-electron chi connectivity index (χ3n) is 2.55. The summed E-state index contributed by atoms with van der Waals surface area (Å²) < 4.78 is 1.46. The summed E-state index contributed by atoms with van der Waals surface area (Å²) in [5.74, 6) is -0.542. The second-order valence-electron chi connectivity index (χ2n) is 3.98. The molecule has 0 bridgehead atoms. The van der Waals surface area contributed by atoms with Crippen LogP contribution in [0, 0.1) is 0 Å². The Kier molecular flexibility index (Phi) is 4.09. The molecule has 1 aromatic carbocycles. The van der Waals surface area contributed by atoms with Crippen LogP contribution in [-0.2, 0) is 11.3 Å². The minimum absolute atomic E-state index is 0.0455. The molecule has 0 aliphatic heterocycles. The molecule has 0 aliphatic rings. The number of anilines is 1. The summed E-state index contributed by atoms with van der Waals surface area (Å²) in [7, 11) is 0. The van der Waals surface area contributed by atoms with Crippen LogP contribution in [0.5, 0.6) is 0 Å². The molecule has 100 valence electrons. The summed E-state index contributed by atoms with van der Waals surface area (Å²) in [5.41, 5.74) is 6.56. The number of aliphatic hydroxyl groups excluding tert-OH is 1. The van der Waals surface area contributed by atoms with Gasteiger partial charge in [-0.15, -0.1) is 5.10 Å². The Labute approximate surface area is 110 Å². The predicted molar refractivity (Wildman–Crippen MR) is 69.1 cm³/mol. The molecule has 0 aliphatic carbocycles.